The van der Waals surface area contributed by atoms with Crippen molar-refractivity contribution in [2.45, 2.75) is 6.54 Å². The zero-order valence-electron chi connectivity index (χ0n) is 11.8. The van der Waals surface area contributed by atoms with E-state index in [1.807, 2.05) is 54.6 Å². The van der Waals surface area contributed by atoms with Gasteiger partial charge in [0.1, 0.15) is 5.82 Å². The van der Waals surface area contributed by atoms with E-state index in [0.717, 1.165) is 16.5 Å². The first-order chi connectivity index (χ1) is 10.7. The van der Waals surface area contributed by atoms with E-state index in [9.17, 15) is 4.79 Å². The SMILES string of the molecule is NC(=O)Nc1nc(NCc2ccccc2)c2ccccc2n1. The van der Waals surface area contributed by atoms with E-state index in [0.29, 0.717) is 12.4 Å². The van der Waals surface area contributed by atoms with Crippen molar-refractivity contribution in [1.29, 1.82) is 0 Å². The van der Waals surface area contributed by atoms with Crippen LogP contribution in [0.1, 0.15) is 5.56 Å². The molecular weight excluding hydrogens is 278 g/mol. The number of rotatable bonds is 4. The summed E-state index contributed by atoms with van der Waals surface area (Å²) in [5.74, 6) is 0.833. The van der Waals surface area contributed by atoms with Crippen molar-refractivity contribution >= 4 is 28.7 Å². The lowest BCUT2D eigenvalue weighted by Gasteiger charge is -2.10. The van der Waals surface area contributed by atoms with Crippen LogP contribution in [0.5, 0.6) is 0 Å². The van der Waals surface area contributed by atoms with Crippen molar-refractivity contribution in [3.8, 4) is 0 Å². The topological polar surface area (TPSA) is 92.9 Å². The van der Waals surface area contributed by atoms with Crippen LogP contribution in [0.4, 0.5) is 16.6 Å². The molecule has 22 heavy (non-hydrogen) atoms. The Hall–Kier alpha value is -3.15. The number of anilines is 2. The number of amides is 2. The summed E-state index contributed by atoms with van der Waals surface area (Å²) >= 11 is 0. The van der Waals surface area contributed by atoms with Crippen LogP contribution >= 0.6 is 0 Å². The summed E-state index contributed by atoms with van der Waals surface area (Å²) in [6, 6.07) is 16.9. The maximum Gasteiger partial charge on any atom is 0.319 e. The number of carbonyl (C=O) groups excluding carboxylic acids is 1. The van der Waals surface area contributed by atoms with Gasteiger partial charge in [0, 0.05) is 11.9 Å². The van der Waals surface area contributed by atoms with Crippen molar-refractivity contribution in [3.63, 3.8) is 0 Å². The molecule has 4 N–H and O–H groups in total. The lowest BCUT2D eigenvalue weighted by molar-refractivity contribution is 0.259. The third-order valence-electron chi connectivity index (χ3n) is 3.14. The summed E-state index contributed by atoms with van der Waals surface area (Å²) in [6.45, 7) is 0.623. The lowest BCUT2D eigenvalue weighted by atomic mass is 10.2. The summed E-state index contributed by atoms with van der Waals surface area (Å²) in [7, 11) is 0. The number of nitrogens with two attached hydrogens (primary N) is 1. The van der Waals surface area contributed by atoms with Gasteiger partial charge in [-0.3, -0.25) is 5.32 Å². The van der Waals surface area contributed by atoms with Crippen LogP contribution in [0.15, 0.2) is 54.6 Å². The Bertz CT molecular complexity index is 804. The summed E-state index contributed by atoms with van der Waals surface area (Å²) < 4.78 is 0. The van der Waals surface area contributed by atoms with Crippen LogP contribution < -0.4 is 16.4 Å². The Balaban J connectivity index is 1.93. The Morgan fingerprint density at radius 2 is 1.73 bits per heavy atom. The van der Waals surface area contributed by atoms with Gasteiger partial charge in [-0.15, -0.1) is 0 Å². The van der Waals surface area contributed by atoms with Gasteiger partial charge >= 0.3 is 6.03 Å². The van der Waals surface area contributed by atoms with Gasteiger partial charge in [-0.2, -0.15) is 4.98 Å². The summed E-state index contributed by atoms with van der Waals surface area (Å²) in [5, 5.41) is 6.57. The number of fused-ring (bicyclic) bond motifs is 1. The van der Waals surface area contributed by atoms with Crippen LogP contribution in [0.25, 0.3) is 10.9 Å². The first kappa shape index (κ1) is 13.8. The molecule has 0 radical (unpaired) electrons. The van der Waals surface area contributed by atoms with Crippen LogP contribution in [0.2, 0.25) is 0 Å². The van der Waals surface area contributed by atoms with Crippen molar-refractivity contribution < 1.29 is 4.79 Å². The minimum Gasteiger partial charge on any atom is -0.365 e. The molecule has 110 valence electrons. The van der Waals surface area contributed by atoms with Crippen LogP contribution in [-0.4, -0.2) is 16.0 Å². The molecule has 6 nitrogen and oxygen atoms in total. The fourth-order valence-corrected chi connectivity index (χ4v) is 2.16. The summed E-state index contributed by atoms with van der Waals surface area (Å²) in [6.07, 6.45) is 0. The van der Waals surface area contributed by atoms with E-state index in [1.165, 1.54) is 0 Å². The van der Waals surface area contributed by atoms with Crippen molar-refractivity contribution in [2.24, 2.45) is 5.73 Å². The standard InChI is InChI=1S/C16H15N5O/c17-15(22)21-16-19-13-9-5-4-8-12(13)14(20-16)18-10-11-6-2-1-3-7-11/h1-9H,10H2,(H4,17,18,19,20,21,22). The van der Waals surface area contributed by atoms with Gasteiger partial charge in [-0.05, 0) is 17.7 Å². The Labute approximate surface area is 127 Å². The van der Waals surface area contributed by atoms with E-state index >= 15 is 0 Å². The highest BCUT2D eigenvalue weighted by atomic mass is 16.2. The van der Waals surface area contributed by atoms with Crippen LogP contribution in [0.3, 0.4) is 0 Å². The molecule has 3 aromatic rings. The zero-order chi connectivity index (χ0) is 15.4. The smallest absolute Gasteiger partial charge is 0.319 e. The Morgan fingerprint density at radius 1 is 1.00 bits per heavy atom. The number of nitrogens with one attached hydrogen (secondary N) is 2. The Morgan fingerprint density at radius 3 is 2.50 bits per heavy atom. The zero-order valence-corrected chi connectivity index (χ0v) is 11.8. The molecule has 0 atom stereocenters. The molecule has 0 spiro atoms. The van der Waals surface area contributed by atoms with E-state index in [4.69, 9.17) is 5.73 Å². The molecule has 3 rings (SSSR count). The molecule has 1 aromatic heterocycles. The number of hydrogen-bond acceptors (Lipinski definition) is 4. The quantitative estimate of drug-likeness (QED) is 0.689. The van der Waals surface area contributed by atoms with Gasteiger partial charge in [0.15, 0.2) is 0 Å². The molecule has 0 fully saturated rings. The van der Waals surface area contributed by atoms with Gasteiger partial charge in [-0.1, -0.05) is 42.5 Å². The highest BCUT2D eigenvalue weighted by Crippen LogP contribution is 2.22. The summed E-state index contributed by atoms with van der Waals surface area (Å²) in [4.78, 5) is 19.6. The van der Waals surface area contributed by atoms with Crippen LogP contribution in [-0.2, 0) is 6.54 Å². The third kappa shape index (κ3) is 3.12. The first-order valence-electron chi connectivity index (χ1n) is 6.83. The highest BCUT2D eigenvalue weighted by molar-refractivity contribution is 5.92. The average molecular weight is 293 g/mol. The van der Waals surface area contributed by atoms with Gasteiger partial charge in [0.05, 0.1) is 5.52 Å². The molecule has 0 saturated heterocycles. The van der Waals surface area contributed by atoms with Gasteiger partial charge in [0.2, 0.25) is 5.95 Å². The molecule has 2 aromatic carbocycles. The van der Waals surface area contributed by atoms with Crippen molar-refractivity contribution in [2.75, 3.05) is 10.6 Å². The lowest BCUT2D eigenvalue weighted by Crippen LogP contribution is -2.21. The first-order valence-corrected chi connectivity index (χ1v) is 6.83. The number of primary amides is 1. The van der Waals surface area contributed by atoms with Crippen molar-refractivity contribution in [1.82, 2.24) is 9.97 Å². The number of para-hydroxylation sites is 1. The molecule has 0 saturated carbocycles. The summed E-state index contributed by atoms with van der Waals surface area (Å²) in [5.41, 5.74) is 7.00. The molecule has 1 heterocycles. The maximum absolute atomic E-state index is 11.0. The number of benzene rings is 2. The fraction of sp³-hybridized carbons (Fsp3) is 0.0625. The second-order valence-electron chi connectivity index (χ2n) is 4.74. The van der Waals surface area contributed by atoms with Crippen molar-refractivity contribution in [3.05, 3.63) is 60.2 Å². The number of carbonyl (C=O) groups is 1. The number of aromatic nitrogens is 2. The predicted molar refractivity (Wildman–Crippen MR) is 86.5 cm³/mol. The fourth-order valence-electron chi connectivity index (χ4n) is 2.16. The van der Waals surface area contributed by atoms with E-state index in [2.05, 4.69) is 20.6 Å². The molecule has 0 bridgehead atoms. The number of hydrogen-bond donors (Lipinski definition) is 3. The molecule has 0 aliphatic carbocycles. The molecule has 6 heteroatoms. The monoisotopic (exact) mass is 293 g/mol. The molecule has 0 unspecified atom stereocenters. The normalized spacial score (nSPS) is 10.4. The van der Waals surface area contributed by atoms with Gasteiger partial charge < -0.3 is 11.1 Å². The van der Waals surface area contributed by atoms with Crippen LogP contribution in [0, 0.1) is 0 Å². The second kappa shape index (κ2) is 6.09. The minimum absolute atomic E-state index is 0.182. The van der Waals surface area contributed by atoms with Gasteiger partial charge in [0.25, 0.3) is 0 Å². The average Bonchev–Trinajstić information content (AvgIpc) is 2.53. The van der Waals surface area contributed by atoms with E-state index in [-0.39, 0.29) is 5.95 Å². The second-order valence-corrected chi connectivity index (χ2v) is 4.74. The maximum atomic E-state index is 11.0. The molecule has 2 amide bonds. The van der Waals surface area contributed by atoms with Gasteiger partial charge in [-0.25, -0.2) is 9.78 Å². The molecule has 0 aliphatic rings. The predicted octanol–water partition coefficient (Wildman–Crippen LogP) is 2.73. The third-order valence-corrected chi connectivity index (χ3v) is 3.14. The Kier molecular flexibility index (Phi) is 3.82. The van der Waals surface area contributed by atoms with E-state index in [1.54, 1.807) is 0 Å². The number of nitrogens with zero attached hydrogens (tertiary/aromatic N) is 2. The molecular formula is C16H15N5O. The largest absolute Gasteiger partial charge is 0.365 e. The minimum atomic E-state index is -0.690. The number of urea groups is 1. The molecule has 0 aliphatic heterocycles. The highest BCUT2D eigenvalue weighted by Gasteiger charge is 2.08. The van der Waals surface area contributed by atoms with E-state index < -0.39 is 6.03 Å².